The van der Waals surface area contributed by atoms with E-state index in [0.717, 1.165) is 33.2 Å². The molecule has 34 heavy (non-hydrogen) atoms. The lowest BCUT2D eigenvalue weighted by Crippen LogP contribution is -2.19. The molecule has 0 aliphatic carbocycles. The SMILES string of the molecule is CSc1cccc(NC(=O)Nc2ccc(Nc3nc(C)cc(Nc4cc(C)[nH]n4)n3)c(C)c2)c1. The van der Waals surface area contributed by atoms with E-state index >= 15 is 0 Å². The van der Waals surface area contributed by atoms with E-state index in [-0.39, 0.29) is 6.03 Å². The maximum Gasteiger partial charge on any atom is 0.323 e. The van der Waals surface area contributed by atoms with Gasteiger partial charge in [-0.15, -0.1) is 11.8 Å². The highest BCUT2D eigenvalue weighted by molar-refractivity contribution is 7.98. The Kier molecular flexibility index (Phi) is 6.98. The maximum absolute atomic E-state index is 12.4. The number of benzene rings is 2. The first-order valence-electron chi connectivity index (χ1n) is 10.6. The number of hydrogen-bond acceptors (Lipinski definition) is 7. The molecule has 0 aliphatic rings. The van der Waals surface area contributed by atoms with E-state index in [1.165, 1.54) is 0 Å². The lowest BCUT2D eigenvalue weighted by molar-refractivity contribution is 0.262. The van der Waals surface area contributed by atoms with Crippen molar-refractivity contribution in [1.29, 1.82) is 0 Å². The van der Waals surface area contributed by atoms with E-state index in [9.17, 15) is 4.79 Å². The van der Waals surface area contributed by atoms with Crippen molar-refractivity contribution in [3.05, 3.63) is 71.5 Å². The zero-order chi connectivity index (χ0) is 24.1. The Morgan fingerprint density at radius 3 is 2.38 bits per heavy atom. The maximum atomic E-state index is 12.4. The smallest absolute Gasteiger partial charge is 0.323 e. The molecule has 174 valence electrons. The Hall–Kier alpha value is -4.05. The molecule has 0 bridgehead atoms. The van der Waals surface area contributed by atoms with Gasteiger partial charge in [0.15, 0.2) is 5.82 Å². The lowest BCUT2D eigenvalue weighted by atomic mass is 10.2. The summed E-state index contributed by atoms with van der Waals surface area (Å²) in [4.78, 5) is 22.5. The summed E-state index contributed by atoms with van der Waals surface area (Å²) in [5, 5.41) is 19.2. The summed E-state index contributed by atoms with van der Waals surface area (Å²) in [6.07, 6.45) is 2.00. The van der Waals surface area contributed by atoms with Crippen LogP contribution in [0.15, 0.2) is 59.5 Å². The fraction of sp³-hybridized carbons (Fsp3) is 0.167. The number of aromatic amines is 1. The minimum Gasteiger partial charge on any atom is -0.324 e. The topological polar surface area (TPSA) is 120 Å². The molecule has 0 spiro atoms. The number of rotatable bonds is 7. The van der Waals surface area contributed by atoms with Crippen LogP contribution >= 0.6 is 11.8 Å². The van der Waals surface area contributed by atoms with Gasteiger partial charge in [-0.25, -0.2) is 9.78 Å². The van der Waals surface area contributed by atoms with E-state index < -0.39 is 0 Å². The molecule has 10 heteroatoms. The van der Waals surface area contributed by atoms with Gasteiger partial charge in [-0.3, -0.25) is 5.10 Å². The largest absolute Gasteiger partial charge is 0.324 e. The van der Waals surface area contributed by atoms with Crippen molar-refractivity contribution in [2.75, 3.05) is 27.5 Å². The second-order valence-corrected chi connectivity index (χ2v) is 8.62. The molecule has 0 aliphatic heterocycles. The number of anilines is 6. The van der Waals surface area contributed by atoms with Gasteiger partial charge in [0.25, 0.3) is 0 Å². The molecule has 0 fully saturated rings. The van der Waals surface area contributed by atoms with E-state index in [2.05, 4.69) is 41.4 Å². The van der Waals surface area contributed by atoms with Crippen LogP contribution in [0.25, 0.3) is 0 Å². The van der Waals surface area contributed by atoms with Crippen LogP contribution in [0.4, 0.5) is 39.4 Å². The summed E-state index contributed by atoms with van der Waals surface area (Å²) in [7, 11) is 0. The van der Waals surface area contributed by atoms with Crippen LogP contribution in [0.1, 0.15) is 17.0 Å². The number of carbonyl (C=O) groups excluding carboxylic acids is 1. The molecule has 0 radical (unpaired) electrons. The Labute approximate surface area is 202 Å². The standard InChI is InChI=1S/C24H26N8OS/c1-14-10-18(27-24(33)26-17-6-5-7-19(13-17)34-4)8-9-20(14)28-23-25-15(2)11-21(30-23)29-22-12-16(3)31-32-22/h5-13H,1-4H3,(H2,26,27,33)(H3,25,28,29,30,31,32). The number of hydrogen-bond donors (Lipinski definition) is 5. The number of urea groups is 1. The van der Waals surface area contributed by atoms with Gasteiger partial charge in [0, 0.05) is 45.5 Å². The second kappa shape index (κ2) is 10.3. The number of H-pyrrole nitrogens is 1. The van der Waals surface area contributed by atoms with Crippen LogP contribution in [0.2, 0.25) is 0 Å². The average Bonchev–Trinajstić information content (AvgIpc) is 3.19. The second-order valence-electron chi connectivity index (χ2n) is 7.75. The van der Waals surface area contributed by atoms with Crippen LogP contribution in [0, 0.1) is 20.8 Å². The van der Waals surface area contributed by atoms with Crippen LogP contribution in [-0.2, 0) is 0 Å². The molecule has 4 rings (SSSR count). The molecule has 0 unspecified atom stereocenters. The van der Waals surface area contributed by atoms with E-state index in [1.807, 2.05) is 81.6 Å². The summed E-state index contributed by atoms with van der Waals surface area (Å²) in [5.74, 6) is 1.79. The Morgan fingerprint density at radius 2 is 1.68 bits per heavy atom. The van der Waals surface area contributed by atoms with Crippen molar-refractivity contribution in [3.63, 3.8) is 0 Å². The summed E-state index contributed by atoms with van der Waals surface area (Å²) in [6, 6.07) is 16.7. The van der Waals surface area contributed by atoms with Crippen LogP contribution in [-0.4, -0.2) is 32.5 Å². The first kappa shape index (κ1) is 23.1. The quantitative estimate of drug-likeness (QED) is 0.209. The number of amides is 2. The Balaban J connectivity index is 1.42. The molecule has 2 aromatic heterocycles. The number of nitrogens with zero attached hydrogens (tertiary/aromatic N) is 3. The van der Waals surface area contributed by atoms with Gasteiger partial charge in [-0.1, -0.05) is 6.07 Å². The van der Waals surface area contributed by atoms with Gasteiger partial charge in [0.1, 0.15) is 5.82 Å². The summed E-state index contributed by atoms with van der Waals surface area (Å²) in [5.41, 5.74) is 4.97. The van der Waals surface area contributed by atoms with E-state index in [1.54, 1.807) is 11.8 Å². The first-order valence-corrected chi connectivity index (χ1v) is 11.8. The molecule has 0 atom stereocenters. The van der Waals surface area contributed by atoms with Crippen molar-refractivity contribution < 1.29 is 4.79 Å². The molecule has 0 saturated carbocycles. The zero-order valence-corrected chi connectivity index (χ0v) is 20.2. The third-order valence-electron chi connectivity index (χ3n) is 4.87. The summed E-state index contributed by atoms with van der Waals surface area (Å²) >= 11 is 1.62. The van der Waals surface area contributed by atoms with Crippen LogP contribution < -0.4 is 21.3 Å². The van der Waals surface area contributed by atoms with Crippen LogP contribution in [0.5, 0.6) is 0 Å². The van der Waals surface area contributed by atoms with Gasteiger partial charge < -0.3 is 21.3 Å². The van der Waals surface area contributed by atoms with Gasteiger partial charge >= 0.3 is 6.03 Å². The molecule has 0 saturated heterocycles. The lowest BCUT2D eigenvalue weighted by Gasteiger charge is -2.13. The van der Waals surface area contributed by atoms with Crippen molar-refractivity contribution in [3.8, 4) is 0 Å². The fourth-order valence-corrected chi connectivity index (χ4v) is 3.76. The molecule has 2 amide bonds. The predicted molar refractivity (Wildman–Crippen MR) is 139 cm³/mol. The van der Waals surface area contributed by atoms with Gasteiger partial charge in [0.2, 0.25) is 5.95 Å². The molecule has 2 heterocycles. The third-order valence-corrected chi connectivity index (χ3v) is 5.60. The number of carbonyl (C=O) groups is 1. The van der Waals surface area contributed by atoms with Crippen molar-refractivity contribution in [1.82, 2.24) is 20.2 Å². The fourth-order valence-electron chi connectivity index (χ4n) is 3.30. The average molecular weight is 475 g/mol. The van der Waals surface area contributed by atoms with E-state index in [4.69, 9.17) is 0 Å². The summed E-state index contributed by atoms with van der Waals surface area (Å²) in [6.45, 7) is 5.79. The highest BCUT2D eigenvalue weighted by Crippen LogP contribution is 2.24. The monoisotopic (exact) mass is 474 g/mol. The predicted octanol–water partition coefficient (Wildman–Crippen LogP) is 5.98. The van der Waals surface area contributed by atoms with Crippen molar-refractivity contribution in [2.45, 2.75) is 25.7 Å². The van der Waals surface area contributed by atoms with Gasteiger partial charge in [-0.05, 0) is 69.0 Å². The molecule has 4 aromatic rings. The highest BCUT2D eigenvalue weighted by atomic mass is 32.2. The third kappa shape index (κ3) is 6.04. The Morgan fingerprint density at radius 1 is 0.882 bits per heavy atom. The zero-order valence-electron chi connectivity index (χ0n) is 19.4. The van der Waals surface area contributed by atoms with Crippen molar-refractivity contribution in [2.24, 2.45) is 0 Å². The number of aryl methyl sites for hydroxylation is 3. The number of aromatic nitrogens is 4. The molecule has 2 aromatic carbocycles. The highest BCUT2D eigenvalue weighted by Gasteiger charge is 2.09. The minimum atomic E-state index is -0.301. The first-order chi connectivity index (χ1) is 16.4. The molecular formula is C24H26N8OS. The number of thioether (sulfide) groups is 1. The van der Waals surface area contributed by atoms with Gasteiger partial charge in [0.05, 0.1) is 0 Å². The molecule has 5 N–H and O–H groups in total. The Bertz CT molecular complexity index is 1320. The summed E-state index contributed by atoms with van der Waals surface area (Å²) < 4.78 is 0. The van der Waals surface area contributed by atoms with Gasteiger partial charge in [-0.2, -0.15) is 10.1 Å². The molecule has 9 nitrogen and oxygen atoms in total. The van der Waals surface area contributed by atoms with Crippen LogP contribution in [0.3, 0.4) is 0 Å². The van der Waals surface area contributed by atoms with E-state index in [0.29, 0.717) is 23.3 Å². The normalized spacial score (nSPS) is 10.6. The molecular weight excluding hydrogens is 448 g/mol. The van der Waals surface area contributed by atoms with Crippen molar-refractivity contribution >= 4 is 52.4 Å². The number of nitrogens with one attached hydrogen (secondary N) is 5. The minimum absolute atomic E-state index is 0.301.